The molecule has 0 fully saturated rings. The van der Waals surface area contributed by atoms with Crippen molar-refractivity contribution in [1.82, 2.24) is 0 Å². The van der Waals surface area contributed by atoms with Gasteiger partial charge in [0, 0.05) is 21.7 Å². The van der Waals surface area contributed by atoms with Crippen molar-refractivity contribution in [2.75, 3.05) is 0 Å². The van der Waals surface area contributed by atoms with Gasteiger partial charge in [0.15, 0.2) is 0 Å². The summed E-state index contributed by atoms with van der Waals surface area (Å²) in [5.74, 6) is -0.346. The van der Waals surface area contributed by atoms with Crippen LogP contribution in [0.3, 0.4) is 0 Å². The molecule has 1 aromatic rings. The van der Waals surface area contributed by atoms with Gasteiger partial charge in [0.1, 0.15) is 6.10 Å². The molecule has 0 saturated carbocycles. The zero-order valence-corrected chi connectivity index (χ0v) is 8.55. The Bertz CT molecular complexity index is 413. The molecular weight excluding hydrogens is 223 g/mol. The Balaban J connectivity index is 2.33. The molecule has 0 amide bonds. The van der Waals surface area contributed by atoms with Crippen LogP contribution in [-0.4, -0.2) is 5.97 Å². The number of benzene rings is 1. The molecule has 1 unspecified atom stereocenters. The summed E-state index contributed by atoms with van der Waals surface area (Å²) in [5.41, 5.74) is 0.748. The first-order chi connectivity index (χ1) is 6.66. The van der Waals surface area contributed by atoms with Crippen molar-refractivity contribution in [2.45, 2.75) is 6.10 Å². The molecule has 1 aromatic carbocycles. The highest BCUT2D eigenvalue weighted by molar-refractivity contribution is 6.35. The lowest BCUT2D eigenvalue weighted by Gasteiger charge is -2.10. The van der Waals surface area contributed by atoms with E-state index < -0.39 is 0 Å². The second kappa shape index (κ2) is 3.64. The molecule has 0 bridgehead atoms. The van der Waals surface area contributed by atoms with Crippen molar-refractivity contribution in [3.05, 3.63) is 46.0 Å². The molecule has 0 aliphatic carbocycles. The molecule has 0 N–H and O–H groups in total. The van der Waals surface area contributed by atoms with Gasteiger partial charge < -0.3 is 4.74 Å². The number of cyclic esters (lactones) is 1. The Morgan fingerprint density at radius 3 is 2.64 bits per heavy atom. The molecule has 0 aromatic heterocycles. The number of carbonyl (C=O) groups excluding carboxylic acids is 1. The Hall–Kier alpha value is -0.990. The molecule has 1 aliphatic rings. The molecule has 0 spiro atoms. The van der Waals surface area contributed by atoms with E-state index in [9.17, 15) is 4.79 Å². The van der Waals surface area contributed by atoms with E-state index in [1.54, 1.807) is 24.3 Å². The van der Waals surface area contributed by atoms with E-state index in [0.717, 1.165) is 5.56 Å². The highest BCUT2D eigenvalue weighted by atomic mass is 35.5. The van der Waals surface area contributed by atoms with Crippen LogP contribution in [0.4, 0.5) is 0 Å². The summed E-state index contributed by atoms with van der Waals surface area (Å²) >= 11 is 11.7. The summed E-state index contributed by atoms with van der Waals surface area (Å²) in [6, 6.07) is 5.08. The van der Waals surface area contributed by atoms with E-state index >= 15 is 0 Å². The third-order valence-electron chi connectivity index (χ3n) is 1.92. The lowest BCUT2D eigenvalue weighted by Crippen LogP contribution is -2.00. The predicted octanol–water partition coefficient (Wildman–Crippen LogP) is 3.15. The third kappa shape index (κ3) is 1.76. The summed E-state index contributed by atoms with van der Waals surface area (Å²) in [7, 11) is 0. The second-order valence-corrected chi connectivity index (χ2v) is 3.73. The third-order valence-corrected chi connectivity index (χ3v) is 2.48. The maximum Gasteiger partial charge on any atom is 0.331 e. The minimum absolute atomic E-state index is 0.346. The van der Waals surface area contributed by atoms with E-state index in [0.29, 0.717) is 10.0 Å². The topological polar surface area (TPSA) is 26.3 Å². The van der Waals surface area contributed by atoms with E-state index in [1.807, 2.05) is 0 Å². The van der Waals surface area contributed by atoms with Gasteiger partial charge in [0.2, 0.25) is 0 Å². The molecule has 72 valence electrons. The van der Waals surface area contributed by atoms with Crippen molar-refractivity contribution in [3.63, 3.8) is 0 Å². The van der Waals surface area contributed by atoms with Gasteiger partial charge in [-0.3, -0.25) is 0 Å². The smallest absolute Gasteiger partial charge is 0.331 e. The largest absolute Gasteiger partial charge is 0.450 e. The molecule has 14 heavy (non-hydrogen) atoms. The fourth-order valence-electron chi connectivity index (χ4n) is 1.27. The van der Waals surface area contributed by atoms with Gasteiger partial charge in [0.05, 0.1) is 0 Å². The average Bonchev–Trinajstić information content (AvgIpc) is 2.51. The fourth-order valence-corrected chi connectivity index (χ4v) is 1.79. The zero-order chi connectivity index (χ0) is 10.1. The molecule has 1 aliphatic heterocycles. The molecule has 4 heteroatoms. The predicted molar refractivity (Wildman–Crippen MR) is 54.4 cm³/mol. The number of hydrogen-bond donors (Lipinski definition) is 0. The molecular formula is C10H6Cl2O2. The SMILES string of the molecule is O=C1C=CC(c2ccc(Cl)cc2Cl)O1. The van der Waals surface area contributed by atoms with Crippen molar-refractivity contribution in [3.8, 4) is 0 Å². The van der Waals surface area contributed by atoms with Gasteiger partial charge in [-0.05, 0) is 18.2 Å². The van der Waals surface area contributed by atoms with Crippen molar-refractivity contribution in [2.24, 2.45) is 0 Å². The van der Waals surface area contributed by atoms with Crippen LogP contribution in [0, 0.1) is 0 Å². The summed E-state index contributed by atoms with van der Waals surface area (Å²) in [6.45, 7) is 0. The Kier molecular flexibility index (Phi) is 2.48. The van der Waals surface area contributed by atoms with Crippen LogP contribution in [0.5, 0.6) is 0 Å². The van der Waals surface area contributed by atoms with Crippen molar-refractivity contribution >= 4 is 29.2 Å². The van der Waals surface area contributed by atoms with Crippen LogP contribution in [-0.2, 0) is 9.53 Å². The summed E-state index contributed by atoms with van der Waals surface area (Å²) < 4.78 is 4.99. The van der Waals surface area contributed by atoms with Gasteiger partial charge in [-0.2, -0.15) is 0 Å². The van der Waals surface area contributed by atoms with Crippen LogP contribution in [0.25, 0.3) is 0 Å². The maximum atomic E-state index is 10.8. The lowest BCUT2D eigenvalue weighted by molar-refractivity contribution is -0.138. The standard InChI is InChI=1S/C10H6Cl2O2/c11-6-1-2-7(8(12)5-6)9-3-4-10(13)14-9/h1-5,9H. The second-order valence-electron chi connectivity index (χ2n) is 2.88. The first-order valence-electron chi connectivity index (χ1n) is 4.00. The molecule has 1 atom stereocenters. The van der Waals surface area contributed by atoms with Crippen LogP contribution in [0.15, 0.2) is 30.4 Å². The fraction of sp³-hybridized carbons (Fsp3) is 0.100. The number of carbonyl (C=O) groups is 1. The van der Waals surface area contributed by atoms with E-state index in [2.05, 4.69) is 0 Å². The molecule has 2 nitrogen and oxygen atoms in total. The lowest BCUT2D eigenvalue weighted by atomic mass is 10.1. The van der Waals surface area contributed by atoms with E-state index in [4.69, 9.17) is 27.9 Å². The maximum absolute atomic E-state index is 10.8. The van der Waals surface area contributed by atoms with Crippen molar-refractivity contribution in [1.29, 1.82) is 0 Å². The first-order valence-corrected chi connectivity index (χ1v) is 4.76. The van der Waals surface area contributed by atoms with Crippen LogP contribution in [0.2, 0.25) is 10.0 Å². The summed E-state index contributed by atoms with van der Waals surface area (Å²) in [5, 5.41) is 1.06. The van der Waals surface area contributed by atoms with E-state index in [-0.39, 0.29) is 12.1 Å². The van der Waals surface area contributed by atoms with Crippen LogP contribution in [0.1, 0.15) is 11.7 Å². The summed E-state index contributed by atoms with van der Waals surface area (Å²) in [6.07, 6.45) is 2.67. The Morgan fingerprint density at radius 2 is 2.07 bits per heavy atom. The quantitative estimate of drug-likeness (QED) is 0.691. The normalized spacial score (nSPS) is 19.9. The van der Waals surface area contributed by atoms with Crippen LogP contribution >= 0.6 is 23.2 Å². The monoisotopic (exact) mass is 228 g/mol. The minimum Gasteiger partial charge on any atom is -0.450 e. The Morgan fingerprint density at radius 1 is 1.29 bits per heavy atom. The Labute approximate surface area is 91.1 Å². The molecule has 1 heterocycles. The van der Waals surface area contributed by atoms with Gasteiger partial charge in [-0.25, -0.2) is 4.79 Å². The number of hydrogen-bond acceptors (Lipinski definition) is 2. The van der Waals surface area contributed by atoms with Gasteiger partial charge >= 0.3 is 5.97 Å². The molecule has 2 rings (SSSR count). The number of rotatable bonds is 1. The number of ether oxygens (including phenoxy) is 1. The first kappa shape index (κ1) is 9.56. The molecule has 0 saturated heterocycles. The van der Waals surface area contributed by atoms with Gasteiger partial charge in [-0.15, -0.1) is 0 Å². The number of halogens is 2. The zero-order valence-electron chi connectivity index (χ0n) is 7.04. The summed E-state index contributed by atoms with van der Waals surface area (Å²) in [4.78, 5) is 10.8. The highest BCUT2D eigenvalue weighted by Crippen LogP contribution is 2.31. The average molecular weight is 229 g/mol. The number of esters is 1. The van der Waals surface area contributed by atoms with E-state index in [1.165, 1.54) is 6.08 Å². The van der Waals surface area contributed by atoms with Crippen molar-refractivity contribution < 1.29 is 9.53 Å². The van der Waals surface area contributed by atoms with Gasteiger partial charge in [0.25, 0.3) is 0 Å². The van der Waals surface area contributed by atoms with Crippen LogP contribution < -0.4 is 0 Å². The highest BCUT2D eigenvalue weighted by Gasteiger charge is 2.20. The molecule has 0 radical (unpaired) electrons. The minimum atomic E-state index is -0.382. The van der Waals surface area contributed by atoms with Gasteiger partial charge in [-0.1, -0.05) is 29.3 Å².